The Morgan fingerprint density at radius 2 is 2.42 bits per heavy atom. The molecule has 0 unspecified atom stereocenters. The van der Waals surface area contributed by atoms with Crippen LogP contribution in [0.2, 0.25) is 0 Å². The molecule has 2 rings (SSSR count). The van der Waals surface area contributed by atoms with E-state index in [0.29, 0.717) is 11.6 Å². The Bertz CT molecular complexity index is 404. The number of aryl methyl sites for hydroxylation is 1. The zero-order valence-electron chi connectivity index (χ0n) is 6.86. The molecular formula is C8H10N4. The Kier molecular flexibility index (Phi) is 1.46. The molecule has 0 aliphatic rings. The number of nitrogens with zero attached hydrogens (tertiary/aromatic N) is 3. The smallest absolute Gasteiger partial charge is 0.235 e. The summed E-state index contributed by atoms with van der Waals surface area (Å²) in [6.45, 7) is 2.03. The van der Waals surface area contributed by atoms with Crippen LogP contribution in [-0.4, -0.2) is 14.4 Å². The number of fused-ring (bicyclic) bond motifs is 1. The van der Waals surface area contributed by atoms with Gasteiger partial charge in [-0.05, 0) is 12.5 Å². The minimum Gasteiger partial charge on any atom is -0.383 e. The number of hydrogen-bond donors (Lipinski definition) is 1. The van der Waals surface area contributed by atoms with Gasteiger partial charge in [0.05, 0.1) is 5.69 Å². The second-order valence-corrected chi connectivity index (χ2v) is 2.59. The van der Waals surface area contributed by atoms with Crippen LogP contribution in [0.25, 0.3) is 5.78 Å². The van der Waals surface area contributed by atoms with Crippen LogP contribution in [0.4, 0.5) is 5.82 Å². The fraction of sp³-hybridized carbons (Fsp3) is 0.250. The van der Waals surface area contributed by atoms with Crippen LogP contribution in [0.5, 0.6) is 0 Å². The summed E-state index contributed by atoms with van der Waals surface area (Å²) >= 11 is 0. The first kappa shape index (κ1) is 7.09. The van der Waals surface area contributed by atoms with Crippen LogP contribution in [0.3, 0.4) is 0 Å². The van der Waals surface area contributed by atoms with Crippen LogP contribution >= 0.6 is 0 Å². The molecule has 62 valence electrons. The van der Waals surface area contributed by atoms with Crippen molar-refractivity contribution in [1.82, 2.24) is 14.4 Å². The van der Waals surface area contributed by atoms with Gasteiger partial charge in [0.25, 0.3) is 0 Å². The molecule has 0 aromatic carbocycles. The third-order valence-corrected chi connectivity index (χ3v) is 1.85. The Morgan fingerprint density at radius 3 is 3.08 bits per heavy atom. The van der Waals surface area contributed by atoms with Gasteiger partial charge in [0.1, 0.15) is 5.82 Å². The Hall–Kier alpha value is -1.58. The number of anilines is 1. The van der Waals surface area contributed by atoms with E-state index in [1.54, 1.807) is 10.6 Å². The molecule has 4 nitrogen and oxygen atoms in total. The van der Waals surface area contributed by atoms with Crippen LogP contribution in [0, 0.1) is 0 Å². The number of hydrogen-bond acceptors (Lipinski definition) is 3. The van der Waals surface area contributed by atoms with Gasteiger partial charge in [-0.3, -0.25) is 4.40 Å². The molecule has 2 heterocycles. The maximum atomic E-state index is 5.81. The van der Waals surface area contributed by atoms with Crippen molar-refractivity contribution < 1.29 is 0 Å². The number of imidazole rings is 1. The number of nitrogen functional groups attached to an aromatic ring is 1. The SMILES string of the molecule is CCc1nc2ncccn2c1N. The second-order valence-electron chi connectivity index (χ2n) is 2.59. The lowest BCUT2D eigenvalue weighted by atomic mass is 10.3. The van der Waals surface area contributed by atoms with Gasteiger partial charge < -0.3 is 5.73 Å². The van der Waals surface area contributed by atoms with Crippen molar-refractivity contribution >= 4 is 11.6 Å². The van der Waals surface area contributed by atoms with Crippen molar-refractivity contribution in [2.75, 3.05) is 5.73 Å². The third-order valence-electron chi connectivity index (χ3n) is 1.85. The van der Waals surface area contributed by atoms with E-state index in [4.69, 9.17) is 5.73 Å². The molecule has 0 atom stereocenters. The average molecular weight is 162 g/mol. The highest BCUT2D eigenvalue weighted by atomic mass is 15.1. The zero-order valence-corrected chi connectivity index (χ0v) is 6.86. The Balaban J connectivity index is 2.78. The highest BCUT2D eigenvalue weighted by Gasteiger charge is 2.05. The normalized spacial score (nSPS) is 10.8. The summed E-state index contributed by atoms with van der Waals surface area (Å²) in [5, 5.41) is 0. The van der Waals surface area contributed by atoms with Crippen LogP contribution < -0.4 is 5.73 Å². The molecule has 0 aliphatic heterocycles. The zero-order chi connectivity index (χ0) is 8.55. The molecule has 2 aromatic rings. The number of rotatable bonds is 1. The van der Waals surface area contributed by atoms with Gasteiger partial charge in [-0.1, -0.05) is 6.92 Å². The molecule has 2 N–H and O–H groups in total. The molecular weight excluding hydrogens is 152 g/mol. The summed E-state index contributed by atoms with van der Waals surface area (Å²) in [7, 11) is 0. The highest BCUT2D eigenvalue weighted by molar-refractivity contribution is 5.47. The molecule has 0 radical (unpaired) electrons. The summed E-state index contributed by atoms with van der Waals surface area (Å²) < 4.78 is 1.79. The van der Waals surface area contributed by atoms with Crippen LogP contribution in [0.15, 0.2) is 18.5 Å². The molecule has 0 spiro atoms. The summed E-state index contributed by atoms with van der Waals surface area (Å²) in [5.41, 5.74) is 6.72. The minimum absolute atomic E-state index is 0.673. The van der Waals surface area contributed by atoms with Gasteiger partial charge in [0, 0.05) is 12.4 Å². The van der Waals surface area contributed by atoms with Gasteiger partial charge in [0.15, 0.2) is 0 Å². The van der Waals surface area contributed by atoms with Gasteiger partial charge in [-0.15, -0.1) is 0 Å². The van der Waals surface area contributed by atoms with Crippen molar-refractivity contribution in [3.8, 4) is 0 Å². The summed E-state index contributed by atoms with van der Waals surface area (Å²) in [4.78, 5) is 8.34. The fourth-order valence-corrected chi connectivity index (χ4v) is 1.21. The van der Waals surface area contributed by atoms with Crippen molar-refractivity contribution in [3.63, 3.8) is 0 Å². The maximum Gasteiger partial charge on any atom is 0.235 e. The molecule has 0 bridgehead atoms. The molecule has 4 heteroatoms. The highest BCUT2D eigenvalue weighted by Crippen LogP contribution is 2.12. The van der Waals surface area contributed by atoms with Crippen molar-refractivity contribution in [2.24, 2.45) is 0 Å². The predicted molar refractivity (Wildman–Crippen MR) is 46.8 cm³/mol. The molecule has 2 aromatic heterocycles. The van der Waals surface area contributed by atoms with E-state index in [9.17, 15) is 0 Å². The second kappa shape index (κ2) is 2.48. The summed E-state index contributed by atoms with van der Waals surface area (Å²) in [6.07, 6.45) is 4.42. The van der Waals surface area contributed by atoms with E-state index in [-0.39, 0.29) is 0 Å². The standard InChI is InChI=1S/C8H10N4/c1-2-6-7(9)12-5-3-4-10-8(12)11-6/h3-5H,2,9H2,1H3. The average Bonchev–Trinajstić information content (AvgIpc) is 2.44. The lowest BCUT2D eigenvalue weighted by Gasteiger charge is -1.93. The first-order chi connectivity index (χ1) is 5.83. The summed E-state index contributed by atoms with van der Waals surface area (Å²) in [6, 6.07) is 1.84. The van der Waals surface area contributed by atoms with E-state index in [1.165, 1.54) is 0 Å². The predicted octanol–water partition coefficient (Wildman–Crippen LogP) is 0.874. The van der Waals surface area contributed by atoms with E-state index in [1.807, 2.05) is 19.2 Å². The van der Waals surface area contributed by atoms with Crippen molar-refractivity contribution in [1.29, 1.82) is 0 Å². The van der Waals surface area contributed by atoms with Gasteiger partial charge in [0.2, 0.25) is 5.78 Å². The van der Waals surface area contributed by atoms with Gasteiger partial charge >= 0.3 is 0 Å². The lowest BCUT2D eigenvalue weighted by molar-refractivity contribution is 1.07. The van der Waals surface area contributed by atoms with E-state index in [2.05, 4.69) is 9.97 Å². The molecule has 0 saturated heterocycles. The van der Waals surface area contributed by atoms with Crippen molar-refractivity contribution in [3.05, 3.63) is 24.2 Å². The van der Waals surface area contributed by atoms with E-state index < -0.39 is 0 Å². The van der Waals surface area contributed by atoms with Gasteiger partial charge in [-0.25, -0.2) is 9.97 Å². The molecule has 0 aliphatic carbocycles. The number of nitrogens with two attached hydrogens (primary N) is 1. The summed E-state index contributed by atoms with van der Waals surface area (Å²) in [5.74, 6) is 1.37. The van der Waals surface area contributed by atoms with E-state index in [0.717, 1.165) is 12.1 Å². The Morgan fingerprint density at radius 1 is 1.58 bits per heavy atom. The Labute approximate surface area is 70.1 Å². The number of aromatic nitrogens is 3. The first-order valence-electron chi connectivity index (χ1n) is 3.90. The first-order valence-corrected chi connectivity index (χ1v) is 3.90. The lowest BCUT2D eigenvalue weighted by Crippen LogP contribution is -1.95. The minimum atomic E-state index is 0.673. The quantitative estimate of drug-likeness (QED) is 0.677. The maximum absolute atomic E-state index is 5.81. The largest absolute Gasteiger partial charge is 0.383 e. The molecule has 0 amide bonds. The molecule has 0 fully saturated rings. The third kappa shape index (κ3) is 0.845. The van der Waals surface area contributed by atoms with Gasteiger partial charge in [-0.2, -0.15) is 0 Å². The fourth-order valence-electron chi connectivity index (χ4n) is 1.21. The van der Waals surface area contributed by atoms with Crippen LogP contribution in [0.1, 0.15) is 12.6 Å². The monoisotopic (exact) mass is 162 g/mol. The topological polar surface area (TPSA) is 56.2 Å². The van der Waals surface area contributed by atoms with Crippen LogP contribution in [-0.2, 0) is 6.42 Å². The molecule has 12 heavy (non-hydrogen) atoms. The molecule has 0 saturated carbocycles. The van der Waals surface area contributed by atoms with E-state index >= 15 is 0 Å². The van der Waals surface area contributed by atoms with Crippen molar-refractivity contribution in [2.45, 2.75) is 13.3 Å².